The van der Waals surface area contributed by atoms with E-state index in [0.29, 0.717) is 0 Å². The lowest BCUT2D eigenvalue weighted by atomic mass is 9.93. The quantitative estimate of drug-likeness (QED) is 0.0324. The molecule has 0 aromatic rings. The van der Waals surface area contributed by atoms with Gasteiger partial charge in [-0.2, -0.15) is 0 Å². The van der Waals surface area contributed by atoms with Crippen LogP contribution in [0, 0.1) is 0 Å². The number of amides is 3. The summed E-state index contributed by atoms with van der Waals surface area (Å²) < 4.78 is 95.3. The Bertz CT molecular complexity index is 2530. The van der Waals surface area contributed by atoms with Gasteiger partial charge in [0.15, 0.2) is 50.3 Å². The zero-order chi connectivity index (χ0) is 73.6. The minimum absolute atomic E-state index is 0.255. The summed E-state index contributed by atoms with van der Waals surface area (Å²) in [5.74, 6) is -1.94. The number of nitrogens with one attached hydrogen (secondary N) is 3. The fourth-order valence-corrected chi connectivity index (χ4v) is 12.7. The molecule has 100 heavy (non-hydrogen) atoms. The van der Waals surface area contributed by atoms with Crippen molar-refractivity contribution < 1.29 is 203 Å². The topological polar surface area (TPSA) is 680 Å². The third kappa shape index (κ3) is 18.1. The molecular weight excluding hydrogens is 1370 g/mol. The Morgan fingerprint density at radius 1 is 0.340 bits per heavy atom. The van der Waals surface area contributed by atoms with E-state index in [9.17, 15) is 127 Å². The molecule has 3 amide bonds. The molecule has 8 aliphatic rings. The van der Waals surface area contributed by atoms with Crippen molar-refractivity contribution in [3.8, 4) is 0 Å². The van der Waals surface area contributed by atoms with E-state index in [1.807, 2.05) is 0 Å². The average molecular weight is 1470 g/mol. The van der Waals surface area contributed by atoms with Gasteiger partial charge >= 0.3 is 0 Å². The van der Waals surface area contributed by atoms with Crippen LogP contribution in [0.2, 0.25) is 0 Å². The Morgan fingerprint density at radius 3 is 1.01 bits per heavy atom. The molecule has 0 unspecified atom stereocenters. The molecule has 0 bridgehead atoms. The summed E-state index contributed by atoms with van der Waals surface area (Å²) in [6.07, 6.45) is -75.5. The lowest BCUT2D eigenvalue weighted by Crippen LogP contribution is -2.72. The Hall–Kier alpha value is -3.11. The molecule has 580 valence electrons. The molecule has 0 aliphatic carbocycles. The second-order valence-corrected chi connectivity index (χ2v) is 25.3. The van der Waals surface area contributed by atoms with Gasteiger partial charge in [0.1, 0.15) is 183 Å². The van der Waals surface area contributed by atoms with Crippen LogP contribution in [0.15, 0.2) is 0 Å². The van der Waals surface area contributed by atoms with E-state index in [1.165, 1.54) is 13.8 Å². The lowest BCUT2D eigenvalue weighted by Gasteiger charge is -2.52. The maximum atomic E-state index is 13.4. The van der Waals surface area contributed by atoms with Crippen molar-refractivity contribution >= 4 is 18.2 Å². The Kier molecular flexibility index (Phi) is 30.1. The van der Waals surface area contributed by atoms with Gasteiger partial charge in [0.05, 0.1) is 71.1 Å². The van der Waals surface area contributed by atoms with Crippen LogP contribution in [0.4, 0.5) is 0 Å². The minimum atomic E-state index is -2.45. The molecule has 8 fully saturated rings. The predicted octanol–water partition coefficient (Wildman–Crippen LogP) is -17.0. The monoisotopic (exact) mass is 1470 g/mol. The van der Waals surface area contributed by atoms with E-state index < -0.39 is 316 Å². The van der Waals surface area contributed by atoms with Gasteiger partial charge in [-0.25, -0.2) is 0 Å². The molecule has 8 aliphatic heterocycles. The zero-order valence-electron chi connectivity index (χ0n) is 54.0. The van der Waals surface area contributed by atoms with E-state index in [0.717, 1.165) is 13.8 Å². The fourth-order valence-electron chi connectivity index (χ4n) is 12.7. The Balaban J connectivity index is 1.12. The van der Waals surface area contributed by atoms with Gasteiger partial charge in [-0.3, -0.25) is 14.4 Å². The van der Waals surface area contributed by atoms with Crippen LogP contribution in [-0.4, -0.2) is 435 Å². The van der Waals surface area contributed by atoms with Crippen LogP contribution in [0.3, 0.4) is 0 Å². The number of carbonyl (C=O) groups excluding carboxylic acids is 3. The van der Waals surface area contributed by atoms with Crippen LogP contribution in [0.5, 0.6) is 0 Å². The SMILES string of the molecule is CC(=O)N[C@H]1[C@H](O[C@H]2[C@@H](O)[C@@H](CO)O[C@@H](O[C@H]3[C@H](O[C@@H]4O[C@@H](C)[C@@H](O)[C@@H](O)[C@@H]4O)[C@@H](NC(C)=O)[C@H](O[C@H]4[C@@H](O)[C@@H](CO)O[C@@H](O[C@H]5[C@H](O)[C@@H](O)[C@H](OC[C@@H](CO)NC=O)O[C@@H]5CO)[C@@H]4O)O[C@@H]3CO)[C@@H]2O)O[C@H](CO)[C@@H](O[C@@H]2O[C@@H](C)[C@@H](O)[C@@H](O)[C@@H]2O)[C@@H]1O[C@@H]1O[C@H](CO)[C@H](O)[C@H](O)[C@H]1O. The summed E-state index contributed by atoms with van der Waals surface area (Å²) in [7, 11) is 0. The highest BCUT2D eigenvalue weighted by Crippen LogP contribution is 2.40. The molecule has 8 saturated heterocycles. The van der Waals surface area contributed by atoms with Crippen LogP contribution in [-0.2, 0) is 90.2 Å². The number of aliphatic hydroxyl groups excluding tert-OH is 22. The number of rotatable bonds is 28. The first-order valence-electron chi connectivity index (χ1n) is 32.1. The van der Waals surface area contributed by atoms with Crippen molar-refractivity contribution in [2.24, 2.45) is 0 Å². The smallest absolute Gasteiger partial charge is 0.217 e. The molecule has 0 aromatic heterocycles. The van der Waals surface area contributed by atoms with Crippen LogP contribution >= 0.6 is 0 Å². The summed E-state index contributed by atoms with van der Waals surface area (Å²) in [6, 6.07) is -4.96. The van der Waals surface area contributed by atoms with Crippen LogP contribution in [0.1, 0.15) is 27.7 Å². The number of ether oxygens (including phenoxy) is 16. The van der Waals surface area contributed by atoms with E-state index in [1.54, 1.807) is 0 Å². The predicted molar refractivity (Wildman–Crippen MR) is 309 cm³/mol. The largest absolute Gasteiger partial charge is 0.394 e. The molecule has 41 atom stereocenters. The van der Waals surface area contributed by atoms with Gasteiger partial charge < -0.3 is 204 Å². The Labute approximate surface area is 567 Å². The number of aliphatic hydroxyl groups is 22. The minimum Gasteiger partial charge on any atom is -0.394 e. The molecule has 0 aromatic carbocycles. The molecule has 8 rings (SSSR count). The van der Waals surface area contributed by atoms with Crippen LogP contribution < -0.4 is 16.0 Å². The molecule has 44 heteroatoms. The van der Waals surface area contributed by atoms with Crippen molar-refractivity contribution in [3.05, 3.63) is 0 Å². The van der Waals surface area contributed by atoms with Gasteiger partial charge in [-0.05, 0) is 13.8 Å². The standard InChI is InChI=1S/C56H95N3O41/c1-14-27(70)32(75)36(79)52(86-14)95-43-23(10-65)91-50(26(59-17(4)69)46(43)98-54-38(81)34(77)29(72)19(6-61)88-54)100-48-31(74)21(8-63)90-56(41(48)84)96-44-24(11-66)92-49(25(58-16(3)68)45(44)97-53-37(80)33(76)28(71)15(2)87-53)99-47-30(73)20(7-62)89-55(40(47)83)94-42-22(9-64)93-51(39(82)35(42)78)85-12-18(5-60)57-13-67/h13-15,18-56,60-66,70-84H,5-12H2,1-4H3,(H,57,67)(H,58,68)(H,59,69)/t14-,15-,18+,19+,20+,21+,22+,23+,24+,25+,26+,27+,28+,29-,30-,31-,32+,33+,34-,35+,36-,37-,38+,39+,40+,41+,42+,43+,44+,45+,46+,47-,48-,49-,50-,51+,52-,53-,54-,55-,56-/m0/s1. The molecule has 25 N–H and O–H groups in total. The third-order valence-corrected chi connectivity index (χ3v) is 18.3. The summed E-state index contributed by atoms with van der Waals surface area (Å²) in [5.41, 5.74) is 0. The van der Waals surface area contributed by atoms with Crippen molar-refractivity contribution in [2.75, 3.05) is 52.9 Å². The Morgan fingerprint density at radius 2 is 0.640 bits per heavy atom. The molecule has 0 saturated carbocycles. The first-order chi connectivity index (χ1) is 47.4. The van der Waals surface area contributed by atoms with Gasteiger partial charge in [0.25, 0.3) is 0 Å². The van der Waals surface area contributed by atoms with Crippen molar-refractivity contribution in [2.45, 2.75) is 279 Å². The molecule has 0 spiro atoms. The zero-order valence-corrected chi connectivity index (χ0v) is 54.0. The summed E-state index contributed by atoms with van der Waals surface area (Å²) in [6.45, 7) is -3.31. The summed E-state index contributed by atoms with van der Waals surface area (Å²) in [5, 5.41) is 249. The van der Waals surface area contributed by atoms with Gasteiger partial charge in [0, 0.05) is 13.8 Å². The first kappa shape index (κ1) is 82.5. The molecule has 8 heterocycles. The molecule has 44 nitrogen and oxygen atoms in total. The second-order valence-electron chi connectivity index (χ2n) is 25.3. The van der Waals surface area contributed by atoms with E-state index in [4.69, 9.17) is 75.8 Å². The summed E-state index contributed by atoms with van der Waals surface area (Å²) in [4.78, 5) is 37.7. The maximum Gasteiger partial charge on any atom is 0.217 e. The highest BCUT2D eigenvalue weighted by atomic mass is 16.8. The normalized spacial score (nSPS) is 49.1. The van der Waals surface area contributed by atoms with E-state index in [2.05, 4.69) is 16.0 Å². The third-order valence-electron chi connectivity index (χ3n) is 18.3. The number of hydrogen-bond acceptors (Lipinski definition) is 41. The molecule has 0 radical (unpaired) electrons. The van der Waals surface area contributed by atoms with E-state index >= 15 is 0 Å². The number of hydrogen-bond donors (Lipinski definition) is 25. The van der Waals surface area contributed by atoms with Gasteiger partial charge in [0.2, 0.25) is 18.2 Å². The van der Waals surface area contributed by atoms with Crippen molar-refractivity contribution in [3.63, 3.8) is 0 Å². The molecular formula is C56H95N3O41. The average Bonchev–Trinajstić information content (AvgIpc) is 0.765. The van der Waals surface area contributed by atoms with Crippen molar-refractivity contribution in [1.82, 2.24) is 16.0 Å². The van der Waals surface area contributed by atoms with Gasteiger partial charge in [-0.15, -0.1) is 0 Å². The first-order valence-corrected chi connectivity index (χ1v) is 32.1. The highest BCUT2D eigenvalue weighted by molar-refractivity contribution is 5.73. The van der Waals surface area contributed by atoms with Crippen LogP contribution in [0.25, 0.3) is 0 Å². The maximum absolute atomic E-state index is 13.4. The second kappa shape index (κ2) is 36.5. The fraction of sp³-hybridized carbons (Fsp3) is 0.946. The number of carbonyl (C=O) groups is 3. The van der Waals surface area contributed by atoms with Crippen molar-refractivity contribution in [1.29, 1.82) is 0 Å². The highest BCUT2D eigenvalue weighted by Gasteiger charge is 2.61. The lowest BCUT2D eigenvalue weighted by molar-refractivity contribution is -0.400. The van der Waals surface area contributed by atoms with Gasteiger partial charge in [-0.1, -0.05) is 0 Å². The summed E-state index contributed by atoms with van der Waals surface area (Å²) >= 11 is 0. The van der Waals surface area contributed by atoms with E-state index in [-0.39, 0.29) is 6.41 Å².